The Bertz CT molecular complexity index is 828. The maximum atomic E-state index is 13.4. The molecule has 1 amide bonds. The van der Waals surface area contributed by atoms with Gasteiger partial charge in [0.05, 0.1) is 19.8 Å². The number of likely N-dealkylation sites (tertiary alicyclic amines) is 1. The highest BCUT2D eigenvalue weighted by atomic mass is 32.2. The number of halogens is 1. The van der Waals surface area contributed by atoms with E-state index in [0.29, 0.717) is 22.7 Å². The Kier molecular flexibility index (Phi) is 6.95. The average molecular weight is 421 g/mol. The second-order valence-electron chi connectivity index (χ2n) is 8.49. The van der Waals surface area contributed by atoms with Crippen LogP contribution >= 0.6 is 11.8 Å². The minimum absolute atomic E-state index is 0.0985. The highest BCUT2D eigenvalue weighted by molar-refractivity contribution is 7.99. The third kappa shape index (κ3) is 5.17. The summed E-state index contributed by atoms with van der Waals surface area (Å²) in [5, 5.41) is 9.43. The number of piperidine rings is 1. The molecular weight excluding hydrogens is 389 g/mol. The number of rotatable bonds is 6. The van der Waals surface area contributed by atoms with E-state index < -0.39 is 0 Å². The molecule has 0 radical (unpaired) electrons. The molecule has 0 bridgehead atoms. The maximum Gasteiger partial charge on any atom is 0.233 e. The Labute approximate surface area is 176 Å². The molecule has 1 aromatic carbocycles. The molecule has 1 fully saturated rings. The molecule has 2 heterocycles. The number of nitrogens with zero attached hydrogens (tertiary/aromatic N) is 4. The second kappa shape index (κ2) is 9.26. The fraction of sp³-hybridized carbons (Fsp3) is 0.571. The van der Waals surface area contributed by atoms with Crippen molar-refractivity contribution in [1.29, 1.82) is 0 Å². The monoisotopic (exact) mass is 420 g/mol. The topological polar surface area (TPSA) is 55.5 Å². The van der Waals surface area contributed by atoms with Crippen LogP contribution in [0.15, 0.2) is 29.4 Å². The first kappa shape index (κ1) is 21.8. The van der Waals surface area contributed by atoms with E-state index in [9.17, 15) is 9.18 Å². The number of thioether (sulfide) groups is 1. The quantitative estimate of drug-likeness (QED) is 0.728. The van der Waals surface area contributed by atoms with E-state index in [0.717, 1.165) is 24.6 Å². The lowest BCUT2D eigenvalue weighted by atomic mass is 9.92. The zero-order valence-corrected chi connectivity index (χ0v) is 18.7. The summed E-state index contributed by atoms with van der Waals surface area (Å²) in [5.41, 5.74) is 0.801. The van der Waals surface area contributed by atoms with Gasteiger partial charge in [-0.05, 0) is 49.4 Å². The molecule has 2 aromatic rings. The fourth-order valence-electron chi connectivity index (χ4n) is 3.83. The van der Waals surface area contributed by atoms with Gasteiger partial charge in [0.2, 0.25) is 5.91 Å². The zero-order chi connectivity index (χ0) is 21.1. The summed E-state index contributed by atoms with van der Waals surface area (Å²) < 4.78 is 15.4. The lowest BCUT2D eigenvalue weighted by Gasteiger charge is -2.35. The van der Waals surface area contributed by atoms with E-state index in [4.69, 9.17) is 0 Å². The van der Waals surface area contributed by atoms with Crippen molar-refractivity contribution in [2.75, 3.05) is 32.9 Å². The largest absolute Gasteiger partial charge is 0.341 e. The van der Waals surface area contributed by atoms with Gasteiger partial charge < -0.3 is 9.80 Å². The van der Waals surface area contributed by atoms with E-state index in [1.807, 2.05) is 9.47 Å². The van der Waals surface area contributed by atoms with E-state index in [2.05, 4.69) is 45.1 Å². The predicted octanol–water partition coefficient (Wildman–Crippen LogP) is 2.21. The van der Waals surface area contributed by atoms with E-state index in [1.165, 1.54) is 35.2 Å². The molecule has 1 saturated heterocycles. The SMILES string of the molecule is C[C@@H]1C[C@@H](C)CN(C(=O)CSc2nnc([C@@H](C)[NH+](C)C)n2-c2ccc(F)cc2)C1. The van der Waals surface area contributed by atoms with Crippen LogP contribution in [0, 0.1) is 17.7 Å². The predicted molar refractivity (Wildman–Crippen MR) is 113 cm³/mol. The van der Waals surface area contributed by atoms with Crippen LogP contribution in [-0.2, 0) is 4.79 Å². The van der Waals surface area contributed by atoms with Crippen molar-refractivity contribution >= 4 is 17.7 Å². The van der Waals surface area contributed by atoms with Crippen molar-refractivity contribution in [3.8, 4) is 5.69 Å². The maximum absolute atomic E-state index is 13.4. The lowest BCUT2D eigenvalue weighted by molar-refractivity contribution is -0.890. The van der Waals surface area contributed by atoms with E-state index in [-0.39, 0.29) is 17.8 Å². The van der Waals surface area contributed by atoms with Crippen LogP contribution in [-0.4, -0.2) is 58.5 Å². The first-order valence-corrected chi connectivity index (χ1v) is 11.2. The van der Waals surface area contributed by atoms with Crippen molar-refractivity contribution in [2.45, 2.75) is 38.4 Å². The van der Waals surface area contributed by atoms with Gasteiger partial charge in [-0.1, -0.05) is 25.6 Å². The number of carbonyl (C=O) groups is 1. The molecule has 0 saturated carbocycles. The first-order valence-electron chi connectivity index (χ1n) is 10.2. The number of aromatic nitrogens is 3. The van der Waals surface area contributed by atoms with Crippen molar-refractivity contribution in [2.24, 2.45) is 11.8 Å². The van der Waals surface area contributed by atoms with Crippen LogP contribution in [0.2, 0.25) is 0 Å². The van der Waals surface area contributed by atoms with Crippen molar-refractivity contribution in [3.05, 3.63) is 35.9 Å². The Morgan fingerprint density at radius 1 is 1.21 bits per heavy atom. The molecule has 0 spiro atoms. The van der Waals surface area contributed by atoms with Gasteiger partial charge in [-0.2, -0.15) is 0 Å². The molecule has 1 aliphatic heterocycles. The van der Waals surface area contributed by atoms with E-state index in [1.54, 1.807) is 12.1 Å². The third-order valence-electron chi connectivity index (χ3n) is 5.54. The Morgan fingerprint density at radius 2 is 1.83 bits per heavy atom. The molecule has 3 atom stereocenters. The molecule has 0 unspecified atom stereocenters. The molecule has 8 heteroatoms. The minimum Gasteiger partial charge on any atom is -0.341 e. The summed E-state index contributed by atoms with van der Waals surface area (Å²) in [6, 6.07) is 6.41. The number of hydrogen-bond acceptors (Lipinski definition) is 4. The highest BCUT2D eigenvalue weighted by Crippen LogP contribution is 2.26. The molecule has 29 heavy (non-hydrogen) atoms. The lowest BCUT2D eigenvalue weighted by Crippen LogP contribution is -3.05. The average Bonchev–Trinajstić information content (AvgIpc) is 3.09. The number of benzene rings is 1. The van der Waals surface area contributed by atoms with Gasteiger partial charge in [-0.15, -0.1) is 10.2 Å². The van der Waals surface area contributed by atoms with Gasteiger partial charge in [0.15, 0.2) is 11.0 Å². The third-order valence-corrected chi connectivity index (χ3v) is 6.46. The first-order chi connectivity index (χ1) is 13.8. The van der Waals surface area contributed by atoms with Crippen molar-refractivity contribution in [3.63, 3.8) is 0 Å². The number of quaternary nitrogens is 1. The Morgan fingerprint density at radius 3 is 2.41 bits per heavy atom. The minimum atomic E-state index is -0.285. The number of hydrogen-bond donors (Lipinski definition) is 1. The fourth-order valence-corrected chi connectivity index (χ4v) is 4.69. The number of carbonyl (C=O) groups excluding carboxylic acids is 1. The molecule has 1 N–H and O–H groups in total. The van der Waals surface area contributed by atoms with Gasteiger partial charge in [-0.25, -0.2) is 4.39 Å². The summed E-state index contributed by atoms with van der Waals surface area (Å²) in [6.07, 6.45) is 1.17. The van der Waals surface area contributed by atoms with Gasteiger partial charge >= 0.3 is 0 Å². The molecule has 6 nitrogen and oxygen atoms in total. The summed E-state index contributed by atoms with van der Waals surface area (Å²) in [7, 11) is 4.12. The van der Waals surface area contributed by atoms with Crippen LogP contribution in [0.4, 0.5) is 4.39 Å². The zero-order valence-electron chi connectivity index (χ0n) is 17.9. The number of amides is 1. The molecule has 0 aliphatic carbocycles. The van der Waals surface area contributed by atoms with Crippen molar-refractivity contribution in [1.82, 2.24) is 19.7 Å². The molecule has 1 aromatic heterocycles. The van der Waals surface area contributed by atoms with Crippen LogP contribution in [0.3, 0.4) is 0 Å². The Hall–Kier alpha value is -1.93. The standard InChI is InChI=1S/C21H30FN5OS/c1-14-10-15(2)12-26(11-14)19(28)13-29-21-24-23-20(16(3)25(4)5)27(21)18-8-6-17(22)7-9-18/h6-9,14-16H,10-13H2,1-5H3/p+1/t14-,15-,16-/m1/s1. The normalized spacial score (nSPS) is 20.9. The van der Waals surface area contributed by atoms with Crippen LogP contribution in [0.1, 0.15) is 39.1 Å². The number of nitrogens with one attached hydrogen (secondary N) is 1. The second-order valence-corrected chi connectivity index (χ2v) is 9.43. The van der Waals surface area contributed by atoms with Gasteiger partial charge in [-0.3, -0.25) is 9.36 Å². The summed E-state index contributed by atoms with van der Waals surface area (Å²) in [4.78, 5) is 16.0. The highest BCUT2D eigenvalue weighted by Gasteiger charge is 2.27. The summed E-state index contributed by atoms with van der Waals surface area (Å²) in [5.74, 6) is 2.04. The van der Waals surface area contributed by atoms with Crippen LogP contribution in [0.5, 0.6) is 0 Å². The van der Waals surface area contributed by atoms with Gasteiger partial charge in [0, 0.05) is 18.8 Å². The van der Waals surface area contributed by atoms with Gasteiger partial charge in [0.25, 0.3) is 0 Å². The summed E-state index contributed by atoms with van der Waals surface area (Å²) >= 11 is 1.40. The van der Waals surface area contributed by atoms with E-state index >= 15 is 0 Å². The van der Waals surface area contributed by atoms with Gasteiger partial charge in [0.1, 0.15) is 11.9 Å². The van der Waals surface area contributed by atoms with Crippen LogP contribution in [0.25, 0.3) is 5.69 Å². The molecule has 3 rings (SSSR count). The smallest absolute Gasteiger partial charge is 0.233 e. The van der Waals surface area contributed by atoms with Crippen molar-refractivity contribution < 1.29 is 14.1 Å². The molecule has 1 aliphatic rings. The molecule has 158 valence electrons. The van der Waals surface area contributed by atoms with Crippen LogP contribution < -0.4 is 4.90 Å². The summed E-state index contributed by atoms with van der Waals surface area (Å²) in [6.45, 7) is 8.12. The Balaban J connectivity index is 1.81. The molecular formula is C21H31FN5OS+.